The normalized spacial score (nSPS) is 15.5. The molecule has 0 aliphatic heterocycles. The summed E-state index contributed by atoms with van der Waals surface area (Å²) in [6.07, 6.45) is 5.48. The van der Waals surface area contributed by atoms with Crippen molar-refractivity contribution in [2.75, 3.05) is 6.61 Å². The Morgan fingerprint density at radius 2 is 2.21 bits per heavy atom. The zero-order chi connectivity index (χ0) is 13.9. The van der Waals surface area contributed by atoms with Crippen molar-refractivity contribution in [1.29, 1.82) is 5.26 Å². The van der Waals surface area contributed by atoms with E-state index in [1.54, 1.807) is 0 Å². The van der Waals surface area contributed by atoms with E-state index >= 15 is 0 Å². The number of hydrogen-bond donors (Lipinski definition) is 0. The van der Waals surface area contributed by atoms with E-state index in [0.29, 0.717) is 12.6 Å². The number of nitriles is 1. The molecule has 0 aromatic carbocycles. The number of rotatable bonds is 7. The highest BCUT2D eigenvalue weighted by Gasteiger charge is 2.24. The summed E-state index contributed by atoms with van der Waals surface area (Å²) in [6, 6.07) is 3.30. The molecule has 0 saturated heterocycles. The highest BCUT2D eigenvalue weighted by molar-refractivity contribution is 6.76. The first kappa shape index (κ1) is 14.3. The molecule has 1 aliphatic carbocycles. The van der Waals surface area contributed by atoms with Crippen LogP contribution in [0, 0.1) is 17.2 Å². The zero-order valence-electron chi connectivity index (χ0n) is 12.1. The number of hydrogen-bond acceptors (Lipinski definition) is 3. The van der Waals surface area contributed by atoms with Gasteiger partial charge in [0, 0.05) is 26.6 Å². The summed E-state index contributed by atoms with van der Waals surface area (Å²) >= 11 is 0. The lowest BCUT2D eigenvalue weighted by molar-refractivity contribution is 0.0846. The number of nitrogens with zero attached hydrogens (tertiary/aromatic N) is 3. The molecule has 0 N–H and O–H groups in total. The van der Waals surface area contributed by atoms with Gasteiger partial charge in [0.15, 0.2) is 0 Å². The third kappa shape index (κ3) is 4.48. The van der Waals surface area contributed by atoms with Crippen LogP contribution in [-0.4, -0.2) is 24.2 Å². The minimum absolute atomic E-state index is 0.468. The fraction of sp³-hybridized carbons (Fsp3) is 0.714. The van der Waals surface area contributed by atoms with E-state index in [2.05, 4.69) is 30.7 Å². The lowest BCUT2D eigenvalue weighted by Gasteiger charge is -2.16. The molecule has 0 atom stereocenters. The van der Waals surface area contributed by atoms with Gasteiger partial charge in [-0.25, -0.2) is 4.98 Å². The molecule has 1 aromatic heterocycles. The van der Waals surface area contributed by atoms with Crippen LogP contribution >= 0.6 is 0 Å². The van der Waals surface area contributed by atoms with Crippen molar-refractivity contribution in [1.82, 2.24) is 9.55 Å². The molecule has 1 fully saturated rings. The van der Waals surface area contributed by atoms with E-state index in [1.807, 2.05) is 10.8 Å². The van der Waals surface area contributed by atoms with Crippen LogP contribution in [0.2, 0.25) is 25.7 Å². The number of imidazole rings is 1. The molecule has 0 amide bonds. The number of ether oxygens (including phenoxy) is 1. The molecule has 2 rings (SSSR count). The van der Waals surface area contributed by atoms with Crippen molar-refractivity contribution in [3.8, 4) is 6.07 Å². The molecule has 104 valence electrons. The first-order valence-corrected chi connectivity index (χ1v) is 10.7. The van der Waals surface area contributed by atoms with E-state index < -0.39 is 8.07 Å². The van der Waals surface area contributed by atoms with E-state index in [-0.39, 0.29) is 0 Å². The molecule has 1 aromatic rings. The van der Waals surface area contributed by atoms with Crippen LogP contribution in [0.5, 0.6) is 0 Å². The predicted molar refractivity (Wildman–Crippen MR) is 77.5 cm³/mol. The van der Waals surface area contributed by atoms with Gasteiger partial charge in [0.1, 0.15) is 12.8 Å². The largest absolute Gasteiger partial charge is 0.361 e. The van der Waals surface area contributed by atoms with Crippen molar-refractivity contribution in [3.63, 3.8) is 0 Å². The molecule has 0 unspecified atom stereocenters. The maximum Gasteiger partial charge on any atom is 0.214 e. The standard InChI is InChI=1S/C14H23N3OSi/c1-19(2,3)7-6-18-11-17-13(8-12-4-5-12)10-16-14(17)9-15/h10,12H,4-8,11H2,1-3H3. The van der Waals surface area contributed by atoms with Crippen LogP contribution in [-0.2, 0) is 17.9 Å². The predicted octanol–water partition coefficient (Wildman–Crippen LogP) is 3.02. The van der Waals surface area contributed by atoms with Gasteiger partial charge < -0.3 is 4.74 Å². The summed E-state index contributed by atoms with van der Waals surface area (Å²) in [7, 11) is -1.05. The Kier molecular flexibility index (Phi) is 4.43. The maximum absolute atomic E-state index is 9.09. The Labute approximate surface area is 116 Å². The van der Waals surface area contributed by atoms with Gasteiger partial charge in [0.25, 0.3) is 0 Å². The molecule has 1 aliphatic rings. The van der Waals surface area contributed by atoms with Crippen LogP contribution in [0.15, 0.2) is 6.20 Å². The van der Waals surface area contributed by atoms with Crippen molar-refractivity contribution in [2.45, 2.75) is 51.7 Å². The molecule has 0 bridgehead atoms. The smallest absolute Gasteiger partial charge is 0.214 e. The Balaban J connectivity index is 1.90. The third-order valence-corrected chi connectivity index (χ3v) is 5.15. The Morgan fingerprint density at radius 3 is 2.79 bits per heavy atom. The van der Waals surface area contributed by atoms with Gasteiger partial charge in [0.2, 0.25) is 5.82 Å². The van der Waals surface area contributed by atoms with Crippen molar-refractivity contribution < 1.29 is 4.74 Å². The van der Waals surface area contributed by atoms with Crippen LogP contribution in [0.1, 0.15) is 24.4 Å². The molecule has 0 spiro atoms. The number of aromatic nitrogens is 2. The van der Waals surface area contributed by atoms with E-state index in [9.17, 15) is 0 Å². The highest BCUT2D eigenvalue weighted by Crippen LogP contribution is 2.32. The van der Waals surface area contributed by atoms with Crippen LogP contribution in [0.25, 0.3) is 0 Å². The SMILES string of the molecule is C[Si](C)(C)CCOCn1c(CC2CC2)cnc1C#N. The topological polar surface area (TPSA) is 50.8 Å². The van der Waals surface area contributed by atoms with E-state index in [1.165, 1.54) is 12.8 Å². The average Bonchev–Trinajstić information content (AvgIpc) is 3.05. The summed E-state index contributed by atoms with van der Waals surface area (Å²) in [6.45, 7) is 8.27. The van der Waals surface area contributed by atoms with Crippen molar-refractivity contribution in [2.24, 2.45) is 5.92 Å². The summed E-state index contributed by atoms with van der Waals surface area (Å²) in [4.78, 5) is 4.17. The summed E-state index contributed by atoms with van der Waals surface area (Å²) < 4.78 is 7.68. The Hall–Kier alpha value is -1.12. The van der Waals surface area contributed by atoms with Gasteiger partial charge in [0.05, 0.1) is 0 Å². The van der Waals surface area contributed by atoms with Crippen molar-refractivity contribution in [3.05, 3.63) is 17.7 Å². The van der Waals surface area contributed by atoms with Crippen molar-refractivity contribution >= 4 is 8.07 Å². The van der Waals surface area contributed by atoms with Gasteiger partial charge >= 0.3 is 0 Å². The second kappa shape index (κ2) is 5.89. The fourth-order valence-electron chi connectivity index (χ4n) is 1.96. The second-order valence-corrected chi connectivity index (χ2v) is 12.2. The van der Waals surface area contributed by atoms with Gasteiger partial charge in [-0.05, 0) is 31.2 Å². The fourth-order valence-corrected chi connectivity index (χ4v) is 2.72. The third-order valence-electron chi connectivity index (χ3n) is 3.45. The molecule has 4 nitrogen and oxygen atoms in total. The van der Waals surface area contributed by atoms with E-state index in [0.717, 1.165) is 30.7 Å². The Bertz CT molecular complexity index is 466. The van der Waals surface area contributed by atoms with Gasteiger partial charge in [-0.1, -0.05) is 19.6 Å². The summed E-state index contributed by atoms with van der Waals surface area (Å²) in [5.74, 6) is 1.27. The van der Waals surface area contributed by atoms with Gasteiger partial charge in [-0.2, -0.15) is 5.26 Å². The van der Waals surface area contributed by atoms with Crippen LogP contribution in [0.3, 0.4) is 0 Å². The van der Waals surface area contributed by atoms with Crippen LogP contribution in [0.4, 0.5) is 0 Å². The zero-order valence-corrected chi connectivity index (χ0v) is 13.1. The monoisotopic (exact) mass is 277 g/mol. The minimum atomic E-state index is -1.05. The first-order chi connectivity index (χ1) is 8.99. The minimum Gasteiger partial charge on any atom is -0.361 e. The molecular formula is C14H23N3OSi. The lowest BCUT2D eigenvalue weighted by Crippen LogP contribution is -2.22. The maximum atomic E-state index is 9.09. The summed E-state index contributed by atoms with van der Waals surface area (Å²) in [5.41, 5.74) is 1.15. The second-order valence-electron chi connectivity index (χ2n) is 6.61. The summed E-state index contributed by atoms with van der Waals surface area (Å²) in [5, 5.41) is 9.09. The average molecular weight is 277 g/mol. The van der Waals surface area contributed by atoms with E-state index in [4.69, 9.17) is 10.00 Å². The molecule has 1 saturated carbocycles. The molecule has 0 radical (unpaired) electrons. The van der Waals surface area contributed by atoms with Crippen LogP contribution < -0.4 is 0 Å². The lowest BCUT2D eigenvalue weighted by atomic mass is 10.2. The highest BCUT2D eigenvalue weighted by atomic mass is 28.3. The first-order valence-electron chi connectivity index (χ1n) is 7.02. The quantitative estimate of drug-likeness (QED) is 0.568. The Morgan fingerprint density at radius 1 is 1.47 bits per heavy atom. The molecular weight excluding hydrogens is 254 g/mol. The molecule has 19 heavy (non-hydrogen) atoms. The van der Waals surface area contributed by atoms with Gasteiger partial charge in [-0.3, -0.25) is 4.57 Å². The molecule has 5 heteroatoms. The van der Waals surface area contributed by atoms with Gasteiger partial charge in [-0.15, -0.1) is 0 Å². The molecule has 1 heterocycles.